The van der Waals surface area contributed by atoms with E-state index in [0.717, 1.165) is 112 Å². The highest BCUT2D eigenvalue weighted by Crippen LogP contribution is 2.22. The van der Waals surface area contributed by atoms with Crippen LogP contribution in [0.25, 0.3) is 0 Å². The Morgan fingerprint density at radius 2 is 0.704 bits per heavy atom. The van der Waals surface area contributed by atoms with Crippen LogP contribution in [0.15, 0.2) is 140 Å². The molecule has 0 spiro atoms. The fraction of sp³-hybridized carbons (Fsp3) is 0.438. The molecule has 0 bridgehead atoms. The molecule has 0 aliphatic carbocycles. The summed E-state index contributed by atoms with van der Waals surface area (Å²) in [6, 6.07) is 46.4. The van der Waals surface area contributed by atoms with Crippen LogP contribution in [0.5, 0.6) is 40.2 Å². The molecule has 0 heterocycles. The van der Waals surface area contributed by atoms with E-state index >= 15 is 0 Å². The molecule has 0 aromatic heterocycles. The lowest BCUT2D eigenvalue weighted by Gasteiger charge is -2.13. The predicted molar refractivity (Wildman–Crippen MR) is 302 cm³/mol. The Hall–Kier alpha value is -6.08. The van der Waals surface area contributed by atoms with Crippen molar-refractivity contribution in [1.82, 2.24) is 0 Å². The van der Waals surface area contributed by atoms with Crippen LogP contribution in [0.2, 0.25) is 0 Å². The molecule has 0 aliphatic heterocycles. The first kappa shape index (κ1) is 62.9. The molecular weight excluding hydrogens is 881 g/mol. The molecule has 0 saturated carbocycles. The van der Waals surface area contributed by atoms with Crippen LogP contribution >= 0.6 is 0 Å². The summed E-state index contributed by atoms with van der Waals surface area (Å²) in [6.45, 7) is 34.9. The molecule has 0 amide bonds. The zero-order chi connectivity index (χ0) is 52.5. The molecule has 7 nitrogen and oxygen atoms in total. The Kier molecular flexibility index (Phi) is 36.0. The van der Waals surface area contributed by atoms with Gasteiger partial charge < -0.3 is 33.2 Å². The summed E-state index contributed by atoms with van der Waals surface area (Å²) in [7, 11) is 0. The van der Waals surface area contributed by atoms with Gasteiger partial charge in [-0.25, -0.2) is 0 Å². The number of benzene rings is 6. The third kappa shape index (κ3) is 31.7. The van der Waals surface area contributed by atoms with E-state index in [1.54, 1.807) is 0 Å². The van der Waals surface area contributed by atoms with Gasteiger partial charge in [0.15, 0.2) is 0 Å². The van der Waals surface area contributed by atoms with Crippen LogP contribution < -0.4 is 33.2 Å². The van der Waals surface area contributed by atoms with Crippen molar-refractivity contribution >= 4 is 0 Å². The van der Waals surface area contributed by atoms with Crippen LogP contribution in [0.3, 0.4) is 0 Å². The molecule has 6 aromatic carbocycles. The van der Waals surface area contributed by atoms with Gasteiger partial charge >= 0.3 is 0 Å². The fourth-order valence-corrected chi connectivity index (χ4v) is 6.04. The number of hydrogen-bond donors (Lipinski definition) is 0. The first-order valence-corrected chi connectivity index (χ1v) is 26.1. The van der Waals surface area contributed by atoms with Gasteiger partial charge in [-0.05, 0) is 164 Å². The summed E-state index contributed by atoms with van der Waals surface area (Å²) in [5.74, 6) is 7.34. The summed E-state index contributed by atoms with van der Waals surface area (Å²) in [6.07, 6.45) is 6.45. The monoisotopic (exact) mass is 973 g/mol. The summed E-state index contributed by atoms with van der Waals surface area (Å²) in [5.41, 5.74) is 7.55. The van der Waals surface area contributed by atoms with Gasteiger partial charge in [-0.1, -0.05) is 144 Å². The molecule has 71 heavy (non-hydrogen) atoms. The summed E-state index contributed by atoms with van der Waals surface area (Å²) in [4.78, 5) is 0. The van der Waals surface area contributed by atoms with Gasteiger partial charge in [0, 0.05) is 6.07 Å². The van der Waals surface area contributed by atoms with Crippen LogP contribution in [0.1, 0.15) is 127 Å². The second-order valence-corrected chi connectivity index (χ2v) is 17.5. The van der Waals surface area contributed by atoms with E-state index in [1.807, 2.05) is 91.9 Å². The molecule has 390 valence electrons. The number of ether oxygens (including phenoxy) is 7. The van der Waals surface area contributed by atoms with E-state index < -0.39 is 0 Å². The Balaban J connectivity index is 0.000000427. The Bertz CT molecular complexity index is 2180. The maximum absolute atomic E-state index is 5.74. The number of hydrogen-bond acceptors (Lipinski definition) is 7. The third-order valence-electron chi connectivity index (χ3n) is 10.1. The average molecular weight is 973 g/mol. The molecular formula is C64H92O7. The number of para-hydroxylation sites is 1. The minimum atomic E-state index is 0.635. The first-order chi connectivity index (χ1) is 34.3. The minimum absolute atomic E-state index is 0.635. The van der Waals surface area contributed by atoms with Gasteiger partial charge in [-0.2, -0.15) is 0 Å². The van der Waals surface area contributed by atoms with Crippen LogP contribution in [-0.2, 0) is 0 Å². The number of aryl methyl sites for hydroxylation is 6. The Morgan fingerprint density at radius 1 is 0.324 bits per heavy atom. The Labute approximate surface area is 432 Å². The highest BCUT2D eigenvalue weighted by atomic mass is 16.5. The van der Waals surface area contributed by atoms with Crippen molar-refractivity contribution in [2.75, 3.05) is 46.2 Å². The summed E-state index contributed by atoms with van der Waals surface area (Å²) in [5, 5.41) is 0. The standard InChI is InChI=1S/C13H20O.C11H16O2.C11H16O.2C10H14O.C9H12O/c1-5-10(2)9-14-13-7-6-11(3)8-12(13)4;1-3-8-13-11-7-5-6-10(9-11)12-4-2;1-4-7-12-11-6-5-9(2)8-10(11)3;1-3-8-11-10-6-4-9(2)5-7-10;1-3-7-11-10-6-4-5-9(2)8-10;1-2-8-10-9-6-4-3-5-7-9/h6-8,10H,5,9H2,1-4H3;5-7,9H,3-4,8H2,1-2H3;5-6,8H,4,7H2,1-3H3;4-7H,3,8H2,1-2H3;4-6,8H,3,7H2,1-2H3;3-7H,2,8H2,1H3. The molecule has 0 radical (unpaired) electrons. The largest absolute Gasteiger partial charge is 0.494 e. The lowest BCUT2D eigenvalue weighted by molar-refractivity contribution is 0.255. The average Bonchev–Trinajstić information content (AvgIpc) is 3.37. The highest BCUT2D eigenvalue weighted by molar-refractivity contribution is 5.37. The minimum Gasteiger partial charge on any atom is -0.494 e. The molecule has 6 aromatic rings. The Morgan fingerprint density at radius 3 is 1.15 bits per heavy atom. The van der Waals surface area contributed by atoms with E-state index in [9.17, 15) is 0 Å². The molecule has 0 saturated heterocycles. The van der Waals surface area contributed by atoms with E-state index in [-0.39, 0.29) is 0 Å². The number of rotatable bonds is 21. The zero-order valence-corrected chi connectivity index (χ0v) is 46.4. The summed E-state index contributed by atoms with van der Waals surface area (Å²) >= 11 is 0. The van der Waals surface area contributed by atoms with Crippen molar-refractivity contribution in [3.63, 3.8) is 0 Å². The lowest BCUT2D eigenvalue weighted by Crippen LogP contribution is -2.07. The molecule has 0 aliphatic rings. The van der Waals surface area contributed by atoms with Gasteiger partial charge in [0.2, 0.25) is 0 Å². The maximum atomic E-state index is 5.74. The van der Waals surface area contributed by atoms with E-state index in [1.165, 1.54) is 39.8 Å². The quantitative estimate of drug-likeness (QED) is 0.0712. The van der Waals surface area contributed by atoms with Gasteiger partial charge in [-0.15, -0.1) is 0 Å². The van der Waals surface area contributed by atoms with Crippen LogP contribution in [0.4, 0.5) is 0 Å². The van der Waals surface area contributed by atoms with E-state index in [4.69, 9.17) is 33.2 Å². The lowest BCUT2D eigenvalue weighted by atomic mass is 10.1. The molecule has 0 N–H and O–H groups in total. The van der Waals surface area contributed by atoms with E-state index in [2.05, 4.69) is 145 Å². The van der Waals surface area contributed by atoms with Gasteiger partial charge in [-0.3, -0.25) is 0 Å². The van der Waals surface area contributed by atoms with Gasteiger partial charge in [0.1, 0.15) is 40.2 Å². The second-order valence-electron chi connectivity index (χ2n) is 17.5. The zero-order valence-electron chi connectivity index (χ0n) is 46.4. The molecule has 6 rings (SSSR count). The third-order valence-corrected chi connectivity index (χ3v) is 10.1. The van der Waals surface area contributed by atoms with Crippen molar-refractivity contribution in [3.8, 4) is 40.2 Å². The predicted octanol–water partition coefficient (Wildman–Crippen LogP) is 17.7. The molecule has 1 unspecified atom stereocenters. The van der Waals surface area contributed by atoms with Crippen molar-refractivity contribution in [3.05, 3.63) is 173 Å². The topological polar surface area (TPSA) is 64.6 Å². The second kappa shape index (κ2) is 40.6. The fourth-order valence-electron chi connectivity index (χ4n) is 6.04. The van der Waals surface area contributed by atoms with Crippen molar-refractivity contribution < 1.29 is 33.2 Å². The van der Waals surface area contributed by atoms with Crippen LogP contribution in [0, 0.1) is 47.5 Å². The smallest absolute Gasteiger partial charge is 0.122 e. The molecule has 0 fully saturated rings. The van der Waals surface area contributed by atoms with Crippen LogP contribution in [-0.4, -0.2) is 46.2 Å². The highest BCUT2D eigenvalue weighted by Gasteiger charge is 2.03. The maximum Gasteiger partial charge on any atom is 0.122 e. The summed E-state index contributed by atoms with van der Waals surface area (Å²) < 4.78 is 38.3. The van der Waals surface area contributed by atoms with Crippen molar-refractivity contribution in [2.45, 2.75) is 135 Å². The normalized spacial score (nSPS) is 10.2. The van der Waals surface area contributed by atoms with Gasteiger partial charge in [0.05, 0.1) is 46.2 Å². The SMILES string of the molecule is CCC(C)COc1ccc(C)cc1C.CCCOc1ccc(C)cc1.CCCOc1ccc(C)cc1C.CCCOc1cccc(C)c1.CCCOc1cccc(OCC)c1.CCCOc1ccccc1. The van der Waals surface area contributed by atoms with E-state index in [0.29, 0.717) is 12.5 Å². The van der Waals surface area contributed by atoms with Gasteiger partial charge in [0.25, 0.3) is 0 Å². The van der Waals surface area contributed by atoms with Crippen molar-refractivity contribution in [2.24, 2.45) is 5.92 Å². The molecule has 1 atom stereocenters. The molecule has 7 heteroatoms. The van der Waals surface area contributed by atoms with Crippen molar-refractivity contribution in [1.29, 1.82) is 0 Å². The first-order valence-electron chi connectivity index (χ1n) is 26.1.